The minimum atomic E-state index is -1.01. The smallest absolute Gasteiger partial charge is 0.336 e. The Hall–Kier alpha value is -2.82. The number of hydrogen-bond acceptors (Lipinski definition) is 3. The third-order valence-electron chi connectivity index (χ3n) is 4.05. The molecule has 2 aromatic carbocycles. The highest BCUT2D eigenvalue weighted by Gasteiger charge is 2.18. The molecule has 2 rings (SSSR count). The molecule has 2 aromatic rings. The van der Waals surface area contributed by atoms with Gasteiger partial charge in [-0.05, 0) is 55.7 Å². The average Bonchev–Trinajstić information content (AvgIpc) is 2.56. The van der Waals surface area contributed by atoms with Crippen LogP contribution in [-0.2, 0) is 4.79 Å². The van der Waals surface area contributed by atoms with Crippen molar-refractivity contribution in [2.45, 2.75) is 26.7 Å². The average molecular weight is 327 g/mol. The van der Waals surface area contributed by atoms with Crippen molar-refractivity contribution >= 4 is 17.6 Å². The molecule has 1 unspecified atom stereocenters. The van der Waals surface area contributed by atoms with E-state index in [0.717, 1.165) is 11.1 Å². The summed E-state index contributed by atoms with van der Waals surface area (Å²) in [5, 5.41) is 12.1. The van der Waals surface area contributed by atoms with Crippen molar-refractivity contribution in [2.75, 3.05) is 12.4 Å². The molecular weight excluding hydrogens is 306 g/mol. The largest absolute Gasteiger partial charge is 0.497 e. The van der Waals surface area contributed by atoms with Gasteiger partial charge in [-0.25, -0.2) is 4.79 Å². The minimum Gasteiger partial charge on any atom is -0.497 e. The normalized spacial score (nSPS) is 11.7. The summed E-state index contributed by atoms with van der Waals surface area (Å²) in [6.45, 7) is 5.37. The Labute approximate surface area is 141 Å². The molecule has 0 fully saturated rings. The second-order valence-corrected chi connectivity index (χ2v) is 5.77. The quantitative estimate of drug-likeness (QED) is 0.877. The molecule has 0 saturated heterocycles. The Balaban J connectivity index is 2.25. The van der Waals surface area contributed by atoms with Gasteiger partial charge in [0.1, 0.15) is 5.75 Å². The second-order valence-electron chi connectivity index (χ2n) is 5.77. The van der Waals surface area contributed by atoms with Crippen LogP contribution in [0.25, 0.3) is 0 Å². The van der Waals surface area contributed by atoms with Crippen LogP contribution < -0.4 is 10.1 Å². The first-order valence-electron chi connectivity index (χ1n) is 7.62. The second kappa shape index (κ2) is 7.17. The zero-order valence-corrected chi connectivity index (χ0v) is 14.2. The van der Waals surface area contributed by atoms with Crippen molar-refractivity contribution in [3.05, 3.63) is 58.7 Å². The van der Waals surface area contributed by atoms with E-state index in [1.807, 2.05) is 31.2 Å². The number of rotatable bonds is 5. The van der Waals surface area contributed by atoms with Crippen LogP contribution in [0, 0.1) is 13.8 Å². The molecule has 1 amide bonds. The zero-order chi connectivity index (χ0) is 17.9. The van der Waals surface area contributed by atoms with Gasteiger partial charge >= 0.3 is 5.97 Å². The molecule has 126 valence electrons. The molecule has 0 aliphatic carbocycles. The maximum atomic E-state index is 12.5. The number of carboxylic acid groups (broad SMARTS) is 1. The van der Waals surface area contributed by atoms with Crippen LogP contribution >= 0.6 is 0 Å². The van der Waals surface area contributed by atoms with Crippen LogP contribution in [0.1, 0.15) is 39.9 Å². The highest BCUT2D eigenvalue weighted by atomic mass is 16.5. The van der Waals surface area contributed by atoms with Crippen molar-refractivity contribution in [3.8, 4) is 5.75 Å². The van der Waals surface area contributed by atoms with Gasteiger partial charge in [0, 0.05) is 5.69 Å². The van der Waals surface area contributed by atoms with Gasteiger partial charge in [-0.1, -0.05) is 18.2 Å². The number of anilines is 1. The monoisotopic (exact) mass is 327 g/mol. The third kappa shape index (κ3) is 3.74. The van der Waals surface area contributed by atoms with Crippen molar-refractivity contribution in [3.63, 3.8) is 0 Å². The number of carbonyl (C=O) groups is 2. The van der Waals surface area contributed by atoms with E-state index in [9.17, 15) is 14.7 Å². The van der Waals surface area contributed by atoms with Crippen LogP contribution in [-0.4, -0.2) is 24.1 Å². The van der Waals surface area contributed by atoms with E-state index in [1.54, 1.807) is 27.0 Å². The number of amides is 1. The van der Waals surface area contributed by atoms with Crippen molar-refractivity contribution in [1.82, 2.24) is 0 Å². The molecule has 0 aromatic heterocycles. The fourth-order valence-corrected chi connectivity index (χ4v) is 2.52. The van der Waals surface area contributed by atoms with E-state index in [2.05, 4.69) is 5.32 Å². The summed E-state index contributed by atoms with van der Waals surface area (Å²) in [6, 6.07) is 10.6. The summed E-state index contributed by atoms with van der Waals surface area (Å²) < 4.78 is 5.18. The summed E-state index contributed by atoms with van der Waals surface area (Å²) in [4.78, 5) is 23.8. The number of nitrogens with one attached hydrogen (secondary N) is 1. The Morgan fingerprint density at radius 3 is 2.46 bits per heavy atom. The molecule has 5 heteroatoms. The first kappa shape index (κ1) is 17.5. The summed E-state index contributed by atoms with van der Waals surface area (Å²) in [5.74, 6) is -0.920. The molecule has 0 heterocycles. The summed E-state index contributed by atoms with van der Waals surface area (Å²) in [5.41, 5.74) is 3.01. The van der Waals surface area contributed by atoms with E-state index >= 15 is 0 Å². The minimum absolute atomic E-state index is 0.185. The number of aromatic carboxylic acids is 1. The number of aryl methyl sites for hydroxylation is 2. The van der Waals surface area contributed by atoms with Crippen LogP contribution in [0.4, 0.5) is 5.69 Å². The topological polar surface area (TPSA) is 75.6 Å². The van der Waals surface area contributed by atoms with Gasteiger partial charge in [0.2, 0.25) is 5.91 Å². The van der Waals surface area contributed by atoms with E-state index in [0.29, 0.717) is 17.0 Å². The molecule has 2 N–H and O–H groups in total. The number of carbonyl (C=O) groups excluding carboxylic acids is 1. The van der Waals surface area contributed by atoms with Crippen LogP contribution in [0.15, 0.2) is 36.4 Å². The van der Waals surface area contributed by atoms with Crippen molar-refractivity contribution in [1.29, 1.82) is 0 Å². The number of carboxylic acids is 1. The molecule has 0 radical (unpaired) electrons. The van der Waals surface area contributed by atoms with Crippen molar-refractivity contribution in [2.24, 2.45) is 0 Å². The maximum absolute atomic E-state index is 12.5. The van der Waals surface area contributed by atoms with Gasteiger partial charge in [-0.15, -0.1) is 0 Å². The van der Waals surface area contributed by atoms with E-state index < -0.39 is 11.9 Å². The lowest BCUT2D eigenvalue weighted by molar-refractivity contribution is -0.117. The van der Waals surface area contributed by atoms with Crippen LogP contribution in [0.2, 0.25) is 0 Å². The van der Waals surface area contributed by atoms with Gasteiger partial charge in [-0.2, -0.15) is 0 Å². The van der Waals surface area contributed by atoms with Gasteiger partial charge in [0.15, 0.2) is 0 Å². The first-order chi connectivity index (χ1) is 11.3. The lowest BCUT2D eigenvalue weighted by Gasteiger charge is -2.16. The Morgan fingerprint density at radius 2 is 1.83 bits per heavy atom. The molecule has 0 saturated carbocycles. The number of benzene rings is 2. The molecule has 24 heavy (non-hydrogen) atoms. The molecule has 1 atom stereocenters. The summed E-state index contributed by atoms with van der Waals surface area (Å²) in [6.07, 6.45) is 0. The highest BCUT2D eigenvalue weighted by molar-refractivity contribution is 5.98. The molecule has 5 nitrogen and oxygen atoms in total. The number of methoxy groups -OCH3 is 1. The maximum Gasteiger partial charge on any atom is 0.336 e. The predicted molar refractivity (Wildman–Crippen MR) is 92.9 cm³/mol. The van der Waals surface area contributed by atoms with Crippen LogP contribution in [0.3, 0.4) is 0 Å². The molecule has 0 spiro atoms. The molecular formula is C19H21NO4. The Morgan fingerprint density at radius 1 is 1.12 bits per heavy atom. The van der Waals surface area contributed by atoms with E-state index in [4.69, 9.17) is 4.74 Å². The van der Waals surface area contributed by atoms with Gasteiger partial charge in [-0.3, -0.25) is 4.79 Å². The third-order valence-corrected chi connectivity index (χ3v) is 4.05. The van der Waals surface area contributed by atoms with Gasteiger partial charge in [0.25, 0.3) is 0 Å². The number of hydrogen-bond donors (Lipinski definition) is 2. The lowest BCUT2D eigenvalue weighted by atomic mass is 9.99. The number of ether oxygens (including phenoxy) is 1. The fraction of sp³-hybridized carbons (Fsp3) is 0.263. The van der Waals surface area contributed by atoms with E-state index in [1.165, 1.54) is 6.07 Å². The Bertz CT molecular complexity index is 783. The summed E-state index contributed by atoms with van der Waals surface area (Å²) >= 11 is 0. The molecule has 0 aliphatic rings. The standard InChI is InChI=1S/C19H21NO4/c1-11-8-12(2)17(10-16(11)19(22)23)20-18(21)13(3)14-6-5-7-15(9-14)24-4/h5-10,13H,1-4H3,(H,20,21)(H,22,23). The molecule has 0 aliphatic heterocycles. The SMILES string of the molecule is COc1cccc(C(C)C(=O)Nc2cc(C(=O)O)c(C)cc2C)c1. The zero-order valence-electron chi connectivity index (χ0n) is 14.2. The van der Waals surface area contributed by atoms with Gasteiger partial charge in [0.05, 0.1) is 18.6 Å². The lowest BCUT2D eigenvalue weighted by Crippen LogP contribution is -2.20. The Kier molecular flexibility index (Phi) is 5.24. The van der Waals surface area contributed by atoms with E-state index in [-0.39, 0.29) is 11.5 Å². The van der Waals surface area contributed by atoms with Gasteiger partial charge < -0.3 is 15.2 Å². The predicted octanol–water partition coefficient (Wildman–Crippen LogP) is 3.75. The van der Waals surface area contributed by atoms with Crippen molar-refractivity contribution < 1.29 is 19.4 Å². The van der Waals surface area contributed by atoms with Crippen LogP contribution in [0.5, 0.6) is 5.75 Å². The highest BCUT2D eigenvalue weighted by Crippen LogP contribution is 2.25. The fourth-order valence-electron chi connectivity index (χ4n) is 2.52. The summed E-state index contributed by atoms with van der Waals surface area (Å²) in [7, 11) is 1.58. The molecule has 0 bridgehead atoms. The first-order valence-corrected chi connectivity index (χ1v) is 7.62.